The standard InChI is InChI=1S/C17H32N4O/c1-5-16(17-13(2)19-20(4)14(17)3)18-9-6-10-21-11-7-15(22)8-12-21/h15-16,18,22H,5-12H2,1-4H3. The molecule has 0 bridgehead atoms. The first-order chi connectivity index (χ1) is 10.5. The topological polar surface area (TPSA) is 53.3 Å². The molecule has 0 spiro atoms. The molecular weight excluding hydrogens is 276 g/mol. The van der Waals surface area contributed by atoms with Crippen molar-refractivity contribution in [3.05, 3.63) is 17.0 Å². The Hall–Kier alpha value is -0.910. The lowest BCUT2D eigenvalue weighted by molar-refractivity contribution is 0.0820. The van der Waals surface area contributed by atoms with Gasteiger partial charge in [0.1, 0.15) is 0 Å². The molecule has 2 rings (SSSR count). The van der Waals surface area contributed by atoms with Gasteiger partial charge in [-0.1, -0.05) is 6.92 Å². The van der Waals surface area contributed by atoms with Crippen LogP contribution in [0.5, 0.6) is 0 Å². The first kappa shape index (κ1) is 17.4. The van der Waals surface area contributed by atoms with E-state index in [9.17, 15) is 5.11 Å². The largest absolute Gasteiger partial charge is 0.393 e. The fourth-order valence-electron chi connectivity index (χ4n) is 3.47. The monoisotopic (exact) mass is 308 g/mol. The number of nitrogens with one attached hydrogen (secondary N) is 1. The molecule has 5 heteroatoms. The van der Waals surface area contributed by atoms with Crippen molar-refractivity contribution in [1.82, 2.24) is 20.0 Å². The lowest BCUT2D eigenvalue weighted by atomic mass is 10.0. The third kappa shape index (κ3) is 4.31. The van der Waals surface area contributed by atoms with E-state index in [1.807, 2.05) is 11.7 Å². The third-order valence-corrected chi connectivity index (χ3v) is 4.92. The molecule has 1 aromatic rings. The number of rotatable bonds is 7. The van der Waals surface area contributed by atoms with Crippen molar-refractivity contribution in [2.24, 2.45) is 7.05 Å². The summed E-state index contributed by atoms with van der Waals surface area (Å²) >= 11 is 0. The van der Waals surface area contributed by atoms with Crippen molar-refractivity contribution < 1.29 is 5.11 Å². The average Bonchev–Trinajstić information content (AvgIpc) is 2.75. The fraction of sp³-hybridized carbons (Fsp3) is 0.824. The van der Waals surface area contributed by atoms with Crippen LogP contribution >= 0.6 is 0 Å². The maximum Gasteiger partial charge on any atom is 0.0644 e. The molecule has 1 saturated heterocycles. The SMILES string of the molecule is CCC(NCCCN1CCC(O)CC1)c1c(C)nn(C)c1C. The van der Waals surface area contributed by atoms with Crippen molar-refractivity contribution in [2.45, 2.75) is 58.6 Å². The zero-order valence-electron chi connectivity index (χ0n) is 14.6. The first-order valence-electron chi connectivity index (χ1n) is 8.66. The highest BCUT2D eigenvalue weighted by atomic mass is 16.3. The van der Waals surface area contributed by atoms with Gasteiger partial charge in [-0.3, -0.25) is 4.68 Å². The van der Waals surface area contributed by atoms with Crippen LogP contribution in [0.3, 0.4) is 0 Å². The summed E-state index contributed by atoms with van der Waals surface area (Å²) in [6, 6.07) is 0.400. The fourth-order valence-corrected chi connectivity index (χ4v) is 3.47. The summed E-state index contributed by atoms with van der Waals surface area (Å²) in [4.78, 5) is 2.47. The molecule has 0 radical (unpaired) electrons. The molecule has 1 aliphatic rings. The van der Waals surface area contributed by atoms with E-state index in [-0.39, 0.29) is 6.10 Å². The van der Waals surface area contributed by atoms with Gasteiger partial charge in [0.05, 0.1) is 11.8 Å². The molecule has 1 aromatic heterocycles. The van der Waals surface area contributed by atoms with Gasteiger partial charge in [0.25, 0.3) is 0 Å². The molecule has 0 aliphatic carbocycles. The van der Waals surface area contributed by atoms with E-state index < -0.39 is 0 Å². The zero-order valence-corrected chi connectivity index (χ0v) is 14.6. The molecule has 0 saturated carbocycles. The maximum atomic E-state index is 9.54. The predicted molar refractivity (Wildman–Crippen MR) is 90.0 cm³/mol. The molecule has 1 unspecified atom stereocenters. The van der Waals surface area contributed by atoms with Crippen LogP contribution in [0.4, 0.5) is 0 Å². The molecule has 1 fully saturated rings. The highest BCUT2D eigenvalue weighted by molar-refractivity contribution is 5.28. The van der Waals surface area contributed by atoms with Crippen molar-refractivity contribution in [2.75, 3.05) is 26.2 Å². The van der Waals surface area contributed by atoms with Crippen LogP contribution in [-0.4, -0.2) is 52.1 Å². The number of hydrogen-bond acceptors (Lipinski definition) is 4. The van der Waals surface area contributed by atoms with Crippen LogP contribution in [0.15, 0.2) is 0 Å². The van der Waals surface area contributed by atoms with Crippen LogP contribution in [0.25, 0.3) is 0 Å². The molecule has 2 N–H and O–H groups in total. The number of hydrogen-bond donors (Lipinski definition) is 2. The molecule has 126 valence electrons. The minimum atomic E-state index is -0.0737. The second kappa shape index (κ2) is 8.09. The number of aliphatic hydroxyl groups is 1. The van der Waals surface area contributed by atoms with E-state index >= 15 is 0 Å². The van der Waals surface area contributed by atoms with Gasteiger partial charge in [-0.15, -0.1) is 0 Å². The molecule has 1 aliphatic heterocycles. The Morgan fingerprint density at radius 1 is 1.32 bits per heavy atom. The van der Waals surface area contributed by atoms with E-state index in [1.54, 1.807) is 0 Å². The lowest BCUT2D eigenvalue weighted by Gasteiger charge is -2.29. The summed E-state index contributed by atoms with van der Waals surface area (Å²) in [5.74, 6) is 0. The summed E-state index contributed by atoms with van der Waals surface area (Å²) in [6.07, 6.45) is 4.03. The van der Waals surface area contributed by atoms with Gasteiger partial charge in [0.2, 0.25) is 0 Å². The molecule has 22 heavy (non-hydrogen) atoms. The van der Waals surface area contributed by atoms with Crippen molar-refractivity contribution in [1.29, 1.82) is 0 Å². The van der Waals surface area contributed by atoms with Gasteiger partial charge in [0.15, 0.2) is 0 Å². The van der Waals surface area contributed by atoms with Crippen LogP contribution in [-0.2, 0) is 7.05 Å². The number of aliphatic hydroxyl groups excluding tert-OH is 1. The first-order valence-corrected chi connectivity index (χ1v) is 8.66. The second-order valence-corrected chi connectivity index (χ2v) is 6.55. The minimum absolute atomic E-state index is 0.0737. The Bertz CT molecular complexity index is 463. The van der Waals surface area contributed by atoms with Crippen LogP contribution in [0, 0.1) is 13.8 Å². The Kier molecular flexibility index (Phi) is 6.41. The van der Waals surface area contributed by atoms with Gasteiger partial charge in [-0.2, -0.15) is 5.10 Å². The summed E-state index contributed by atoms with van der Waals surface area (Å²) in [5, 5.41) is 17.8. The number of aromatic nitrogens is 2. The van der Waals surface area contributed by atoms with E-state index in [1.165, 1.54) is 11.3 Å². The zero-order chi connectivity index (χ0) is 16.1. The summed E-state index contributed by atoms with van der Waals surface area (Å²) < 4.78 is 1.98. The Labute approximate surface area is 134 Å². The van der Waals surface area contributed by atoms with Crippen LogP contribution < -0.4 is 5.32 Å². The average molecular weight is 308 g/mol. The molecule has 0 aromatic carbocycles. The Morgan fingerprint density at radius 3 is 2.55 bits per heavy atom. The molecular formula is C17H32N4O. The van der Waals surface area contributed by atoms with E-state index in [0.29, 0.717) is 6.04 Å². The van der Waals surface area contributed by atoms with E-state index in [0.717, 1.165) is 57.6 Å². The van der Waals surface area contributed by atoms with Gasteiger partial charge in [-0.25, -0.2) is 0 Å². The number of nitrogens with zero attached hydrogens (tertiary/aromatic N) is 3. The normalized spacial score (nSPS) is 18.8. The smallest absolute Gasteiger partial charge is 0.0644 e. The highest BCUT2D eigenvalue weighted by Gasteiger charge is 2.19. The van der Waals surface area contributed by atoms with Crippen LogP contribution in [0.2, 0.25) is 0 Å². The highest BCUT2D eigenvalue weighted by Crippen LogP contribution is 2.23. The van der Waals surface area contributed by atoms with Crippen molar-refractivity contribution in [3.8, 4) is 0 Å². The summed E-state index contributed by atoms with van der Waals surface area (Å²) in [6.45, 7) is 10.7. The van der Waals surface area contributed by atoms with Crippen LogP contribution in [0.1, 0.15) is 55.6 Å². The number of likely N-dealkylation sites (tertiary alicyclic amines) is 1. The minimum Gasteiger partial charge on any atom is -0.393 e. The van der Waals surface area contributed by atoms with Gasteiger partial charge in [0, 0.05) is 37.4 Å². The molecule has 2 heterocycles. The summed E-state index contributed by atoms with van der Waals surface area (Å²) in [5.41, 5.74) is 3.78. The second-order valence-electron chi connectivity index (χ2n) is 6.55. The van der Waals surface area contributed by atoms with Gasteiger partial charge in [-0.05, 0) is 52.6 Å². The lowest BCUT2D eigenvalue weighted by Crippen LogP contribution is -2.37. The molecule has 5 nitrogen and oxygen atoms in total. The van der Waals surface area contributed by atoms with Gasteiger partial charge >= 0.3 is 0 Å². The Morgan fingerprint density at radius 2 is 2.00 bits per heavy atom. The van der Waals surface area contributed by atoms with Crippen molar-refractivity contribution >= 4 is 0 Å². The van der Waals surface area contributed by atoms with E-state index in [2.05, 4.69) is 36.1 Å². The third-order valence-electron chi connectivity index (χ3n) is 4.92. The summed E-state index contributed by atoms with van der Waals surface area (Å²) in [7, 11) is 2.02. The van der Waals surface area contributed by atoms with Gasteiger partial charge < -0.3 is 15.3 Å². The number of aryl methyl sites for hydroxylation is 2. The number of piperidine rings is 1. The van der Waals surface area contributed by atoms with E-state index in [4.69, 9.17) is 0 Å². The maximum absolute atomic E-state index is 9.54. The molecule has 0 amide bonds. The predicted octanol–water partition coefficient (Wildman–Crippen LogP) is 1.92. The van der Waals surface area contributed by atoms with Crippen molar-refractivity contribution in [3.63, 3.8) is 0 Å². The quantitative estimate of drug-likeness (QED) is 0.756. The molecule has 1 atom stereocenters. The Balaban J connectivity index is 1.77.